The van der Waals surface area contributed by atoms with Crippen LogP contribution in [0.5, 0.6) is 17.2 Å². The highest BCUT2D eigenvalue weighted by atomic mass is 32.2. The number of ether oxygens (including phenoxy) is 4. The summed E-state index contributed by atoms with van der Waals surface area (Å²) in [5.74, 6) is -0.856. The number of piperidine rings is 1. The zero-order valence-corrected chi connectivity index (χ0v) is 21.2. The average molecular weight is 507 g/mol. The molecule has 35 heavy (non-hydrogen) atoms. The second-order valence-corrected chi connectivity index (χ2v) is 10.00. The first-order chi connectivity index (χ1) is 16.7. The van der Waals surface area contributed by atoms with Crippen LogP contribution in [0.2, 0.25) is 0 Å². The number of amides is 1. The van der Waals surface area contributed by atoms with Crippen molar-refractivity contribution in [1.82, 2.24) is 4.31 Å². The highest BCUT2D eigenvalue weighted by molar-refractivity contribution is 7.89. The quantitative estimate of drug-likeness (QED) is 0.543. The Morgan fingerprint density at radius 3 is 2.26 bits per heavy atom. The van der Waals surface area contributed by atoms with Crippen LogP contribution in [-0.4, -0.2) is 66.1 Å². The lowest BCUT2D eigenvalue weighted by Crippen LogP contribution is -2.43. The Balaban J connectivity index is 1.87. The van der Waals surface area contributed by atoms with E-state index >= 15 is 0 Å². The number of aryl methyl sites for hydroxylation is 1. The molecule has 11 heteroatoms. The minimum Gasteiger partial charge on any atom is -0.495 e. The van der Waals surface area contributed by atoms with Crippen molar-refractivity contribution >= 4 is 27.6 Å². The van der Waals surface area contributed by atoms with E-state index in [4.69, 9.17) is 18.9 Å². The molecular weight excluding hydrogens is 476 g/mol. The summed E-state index contributed by atoms with van der Waals surface area (Å²) in [6, 6.07) is 7.83. The van der Waals surface area contributed by atoms with E-state index in [9.17, 15) is 18.0 Å². The molecule has 1 saturated heterocycles. The molecule has 0 bridgehead atoms. The van der Waals surface area contributed by atoms with Crippen molar-refractivity contribution in [1.29, 1.82) is 0 Å². The van der Waals surface area contributed by atoms with Gasteiger partial charge in [-0.3, -0.25) is 4.79 Å². The molecule has 1 N–H and O–H groups in total. The van der Waals surface area contributed by atoms with E-state index < -0.39 is 27.8 Å². The molecule has 1 fully saturated rings. The van der Waals surface area contributed by atoms with Crippen LogP contribution in [0, 0.1) is 12.8 Å². The first-order valence-electron chi connectivity index (χ1n) is 11.0. The van der Waals surface area contributed by atoms with E-state index in [1.54, 1.807) is 25.1 Å². The number of anilines is 1. The Hall–Kier alpha value is -3.31. The van der Waals surface area contributed by atoms with E-state index in [2.05, 4.69) is 5.32 Å². The molecule has 1 heterocycles. The first-order valence-corrected chi connectivity index (χ1v) is 12.4. The van der Waals surface area contributed by atoms with Crippen LogP contribution >= 0.6 is 0 Å². The van der Waals surface area contributed by atoms with Gasteiger partial charge in [0.05, 0.1) is 45.6 Å². The third-order valence-electron chi connectivity index (χ3n) is 5.88. The molecule has 1 aliphatic rings. The van der Waals surface area contributed by atoms with Gasteiger partial charge < -0.3 is 24.3 Å². The lowest BCUT2D eigenvalue weighted by Gasteiger charge is -2.31. The van der Waals surface area contributed by atoms with Gasteiger partial charge in [0.2, 0.25) is 15.9 Å². The summed E-state index contributed by atoms with van der Waals surface area (Å²) >= 11 is 0. The van der Waals surface area contributed by atoms with Crippen molar-refractivity contribution in [3.63, 3.8) is 0 Å². The van der Waals surface area contributed by atoms with Gasteiger partial charge in [0.25, 0.3) is 0 Å². The highest BCUT2D eigenvalue weighted by Crippen LogP contribution is 2.35. The SMILES string of the molecule is COC(=O)c1cc(OC)c(OC)cc1NC(=O)[C@@H]1CCCN(S(=O)(=O)c2cc(C)ccc2OC)C1. The fourth-order valence-corrected chi connectivity index (χ4v) is 5.76. The van der Waals surface area contributed by atoms with E-state index in [-0.39, 0.29) is 35.0 Å². The molecule has 190 valence electrons. The van der Waals surface area contributed by atoms with Gasteiger partial charge in [0, 0.05) is 25.2 Å². The third-order valence-corrected chi connectivity index (χ3v) is 7.77. The van der Waals surface area contributed by atoms with Gasteiger partial charge in [0.1, 0.15) is 10.6 Å². The van der Waals surface area contributed by atoms with E-state index in [0.29, 0.717) is 24.3 Å². The molecule has 3 rings (SSSR count). The van der Waals surface area contributed by atoms with Gasteiger partial charge in [-0.15, -0.1) is 0 Å². The Morgan fingerprint density at radius 1 is 0.971 bits per heavy atom. The largest absolute Gasteiger partial charge is 0.495 e. The van der Waals surface area contributed by atoms with Crippen molar-refractivity contribution in [2.45, 2.75) is 24.7 Å². The fourth-order valence-electron chi connectivity index (χ4n) is 4.00. The summed E-state index contributed by atoms with van der Waals surface area (Å²) in [5, 5.41) is 2.74. The molecule has 0 aromatic heterocycles. The maximum absolute atomic E-state index is 13.4. The van der Waals surface area contributed by atoms with Crippen LogP contribution in [0.3, 0.4) is 0 Å². The molecule has 2 aromatic rings. The lowest BCUT2D eigenvalue weighted by atomic mass is 9.98. The second-order valence-electron chi connectivity index (χ2n) is 8.09. The summed E-state index contributed by atoms with van der Waals surface area (Å²) in [4.78, 5) is 25.6. The number of carbonyl (C=O) groups excluding carboxylic acids is 2. The number of nitrogens with zero attached hydrogens (tertiary/aromatic N) is 1. The van der Waals surface area contributed by atoms with Crippen LogP contribution in [0.15, 0.2) is 35.2 Å². The highest BCUT2D eigenvalue weighted by Gasteiger charge is 2.35. The van der Waals surface area contributed by atoms with Gasteiger partial charge in [0.15, 0.2) is 11.5 Å². The number of esters is 1. The number of nitrogens with one attached hydrogen (secondary N) is 1. The average Bonchev–Trinajstić information content (AvgIpc) is 2.87. The Kier molecular flexibility index (Phi) is 8.23. The number of benzene rings is 2. The van der Waals surface area contributed by atoms with Crippen molar-refractivity contribution in [2.24, 2.45) is 5.92 Å². The topological polar surface area (TPSA) is 120 Å². The number of hydrogen-bond donors (Lipinski definition) is 1. The predicted octanol–water partition coefficient (Wildman–Crippen LogP) is 2.85. The minimum absolute atomic E-state index is 0.00783. The summed E-state index contributed by atoms with van der Waals surface area (Å²) < 4.78 is 48.7. The molecule has 1 aliphatic heterocycles. The minimum atomic E-state index is -3.89. The van der Waals surface area contributed by atoms with Crippen molar-refractivity contribution < 1.29 is 37.0 Å². The van der Waals surface area contributed by atoms with Gasteiger partial charge in [-0.05, 0) is 37.5 Å². The third kappa shape index (κ3) is 5.51. The van der Waals surface area contributed by atoms with E-state index in [1.165, 1.54) is 44.9 Å². The molecule has 0 saturated carbocycles. The number of methoxy groups -OCH3 is 4. The second kappa shape index (κ2) is 11.0. The summed E-state index contributed by atoms with van der Waals surface area (Å²) in [6.45, 7) is 2.08. The van der Waals surface area contributed by atoms with E-state index in [1.807, 2.05) is 0 Å². The maximum atomic E-state index is 13.4. The van der Waals surface area contributed by atoms with Crippen molar-refractivity contribution in [3.05, 3.63) is 41.5 Å². The zero-order valence-electron chi connectivity index (χ0n) is 20.4. The molecule has 1 atom stereocenters. The van der Waals surface area contributed by atoms with Crippen molar-refractivity contribution in [3.8, 4) is 17.2 Å². The van der Waals surface area contributed by atoms with Gasteiger partial charge >= 0.3 is 5.97 Å². The maximum Gasteiger partial charge on any atom is 0.340 e. The molecule has 0 aliphatic carbocycles. The molecule has 1 amide bonds. The van der Waals surface area contributed by atoms with Crippen molar-refractivity contribution in [2.75, 3.05) is 46.8 Å². The van der Waals surface area contributed by atoms with Crippen LogP contribution in [0.25, 0.3) is 0 Å². The normalized spacial score (nSPS) is 16.3. The Labute approximate surface area is 205 Å². The number of hydrogen-bond acceptors (Lipinski definition) is 8. The molecule has 10 nitrogen and oxygen atoms in total. The van der Waals surface area contributed by atoms with Gasteiger partial charge in [-0.2, -0.15) is 4.31 Å². The smallest absolute Gasteiger partial charge is 0.340 e. The molecule has 0 unspecified atom stereocenters. The summed E-state index contributed by atoms with van der Waals surface area (Å²) in [6.07, 6.45) is 0.991. The lowest BCUT2D eigenvalue weighted by molar-refractivity contribution is -0.120. The van der Waals surface area contributed by atoms with Gasteiger partial charge in [-0.1, -0.05) is 6.07 Å². The predicted molar refractivity (Wildman–Crippen MR) is 129 cm³/mol. The Morgan fingerprint density at radius 2 is 1.63 bits per heavy atom. The Bertz CT molecular complexity index is 1210. The van der Waals surface area contributed by atoms with Gasteiger partial charge in [-0.25, -0.2) is 13.2 Å². The number of rotatable bonds is 8. The fraction of sp³-hybridized carbons (Fsp3) is 0.417. The number of carbonyl (C=O) groups is 2. The standard InChI is InChI=1S/C24H30N2O8S/c1-15-8-9-19(31-2)22(11-15)35(29,30)26-10-6-7-16(14-26)23(27)25-18-13-21(33-4)20(32-3)12-17(18)24(28)34-5/h8-9,11-13,16H,6-7,10,14H2,1-5H3,(H,25,27)/t16-/m1/s1. The molecule has 2 aromatic carbocycles. The van der Waals surface area contributed by atoms with Crippen LogP contribution in [-0.2, 0) is 19.6 Å². The summed E-state index contributed by atoms with van der Waals surface area (Å²) in [5.41, 5.74) is 1.04. The first kappa shape index (κ1) is 26.3. The summed E-state index contributed by atoms with van der Waals surface area (Å²) in [7, 11) is 1.61. The molecular formula is C24H30N2O8S. The molecule has 0 radical (unpaired) electrons. The van der Waals surface area contributed by atoms with Crippen LogP contribution in [0.4, 0.5) is 5.69 Å². The van der Waals surface area contributed by atoms with E-state index in [0.717, 1.165) is 5.56 Å². The zero-order chi connectivity index (χ0) is 25.8. The number of sulfonamides is 1. The van der Waals surface area contributed by atoms with Crippen LogP contribution < -0.4 is 19.5 Å². The molecule has 0 spiro atoms. The van der Waals surface area contributed by atoms with Crippen LogP contribution in [0.1, 0.15) is 28.8 Å². The monoisotopic (exact) mass is 506 g/mol.